The second kappa shape index (κ2) is 5.75. The summed E-state index contributed by atoms with van der Waals surface area (Å²) in [6.45, 7) is 2.60. The van der Waals surface area contributed by atoms with Gasteiger partial charge in [0, 0.05) is 16.5 Å². The standard InChI is InChI=1S/C18H15NO2/c1-2-21-15-9-7-13(8-10-15)18-11-14(12-20)16-5-3-4-6-17(16)19-18/h3-12H,2H2,1H3. The molecule has 0 radical (unpaired) electrons. The Labute approximate surface area is 123 Å². The summed E-state index contributed by atoms with van der Waals surface area (Å²) in [6, 6.07) is 17.2. The molecule has 0 aliphatic carbocycles. The number of fused-ring (bicyclic) bond motifs is 1. The lowest BCUT2D eigenvalue weighted by Crippen LogP contribution is -1.93. The molecule has 3 heteroatoms. The van der Waals surface area contributed by atoms with E-state index in [2.05, 4.69) is 4.98 Å². The number of aldehydes is 1. The molecule has 3 aromatic rings. The van der Waals surface area contributed by atoms with Gasteiger partial charge in [0.1, 0.15) is 5.75 Å². The van der Waals surface area contributed by atoms with Crippen LogP contribution in [-0.4, -0.2) is 17.9 Å². The van der Waals surface area contributed by atoms with Crippen molar-refractivity contribution >= 4 is 17.2 Å². The van der Waals surface area contributed by atoms with Gasteiger partial charge in [0.05, 0.1) is 17.8 Å². The van der Waals surface area contributed by atoms with Crippen LogP contribution in [0.5, 0.6) is 5.75 Å². The summed E-state index contributed by atoms with van der Waals surface area (Å²) in [5.41, 5.74) is 3.24. The largest absolute Gasteiger partial charge is 0.494 e. The predicted molar refractivity (Wildman–Crippen MR) is 83.7 cm³/mol. The van der Waals surface area contributed by atoms with E-state index in [0.29, 0.717) is 12.2 Å². The third kappa shape index (κ3) is 2.63. The van der Waals surface area contributed by atoms with Crippen LogP contribution in [0.4, 0.5) is 0 Å². The maximum Gasteiger partial charge on any atom is 0.150 e. The van der Waals surface area contributed by atoms with Gasteiger partial charge in [0.15, 0.2) is 6.29 Å². The summed E-state index contributed by atoms with van der Waals surface area (Å²) in [5.74, 6) is 0.831. The highest BCUT2D eigenvalue weighted by Gasteiger charge is 2.07. The zero-order valence-electron chi connectivity index (χ0n) is 11.7. The maximum absolute atomic E-state index is 11.3. The van der Waals surface area contributed by atoms with Crippen LogP contribution in [0.15, 0.2) is 54.6 Å². The van der Waals surface area contributed by atoms with E-state index in [1.807, 2.05) is 61.5 Å². The molecular weight excluding hydrogens is 262 g/mol. The van der Waals surface area contributed by atoms with Gasteiger partial charge in [-0.3, -0.25) is 4.79 Å². The van der Waals surface area contributed by atoms with Crippen molar-refractivity contribution in [2.75, 3.05) is 6.61 Å². The Balaban J connectivity index is 2.09. The minimum Gasteiger partial charge on any atom is -0.494 e. The Morgan fingerprint density at radius 3 is 2.57 bits per heavy atom. The quantitative estimate of drug-likeness (QED) is 0.674. The Morgan fingerprint density at radius 2 is 1.86 bits per heavy atom. The van der Waals surface area contributed by atoms with Gasteiger partial charge in [0.2, 0.25) is 0 Å². The topological polar surface area (TPSA) is 39.2 Å². The molecule has 3 nitrogen and oxygen atoms in total. The first-order valence-corrected chi connectivity index (χ1v) is 6.90. The van der Waals surface area contributed by atoms with E-state index >= 15 is 0 Å². The number of carbonyl (C=O) groups is 1. The number of para-hydroxylation sites is 1. The molecule has 0 fully saturated rings. The van der Waals surface area contributed by atoms with E-state index in [9.17, 15) is 4.79 Å². The van der Waals surface area contributed by atoms with Crippen LogP contribution < -0.4 is 4.74 Å². The van der Waals surface area contributed by atoms with E-state index < -0.39 is 0 Å². The molecule has 104 valence electrons. The van der Waals surface area contributed by atoms with Crippen LogP contribution in [-0.2, 0) is 0 Å². The molecule has 0 atom stereocenters. The molecule has 0 bridgehead atoms. The number of rotatable bonds is 4. The summed E-state index contributed by atoms with van der Waals surface area (Å²) in [7, 11) is 0. The molecule has 2 aromatic carbocycles. The van der Waals surface area contributed by atoms with Gasteiger partial charge >= 0.3 is 0 Å². The first kappa shape index (κ1) is 13.3. The fourth-order valence-electron chi connectivity index (χ4n) is 2.34. The Bertz CT molecular complexity index is 779. The van der Waals surface area contributed by atoms with Gasteiger partial charge in [0.25, 0.3) is 0 Å². The maximum atomic E-state index is 11.3. The number of aromatic nitrogens is 1. The van der Waals surface area contributed by atoms with Gasteiger partial charge in [-0.2, -0.15) is 0 Å². The second-order valence-electron chi connectivity index (χ2n) is 4.69. The average Bonchev–Trinajstić information content (AvgIpc) is 2.55. The van der Waals surface area contributed by atoms with Crippen molar-refractivity contribution in [3.8, 4) is 17.0 Å². The number of benzene rings is 2. The number of hydrogen-bond donors (Lipinski definition) is 0. The zero-order valence-corrected chi connectivity index (χ0v) is 11.7. The third-order valence-corrected chi connectivity index (χ3v) is 3.34. The smallest absolute Gasteiger partial charge is 0.150 e. The molecule has 0 saturated heterocycles. The van der Waals surface area contributed by atoms with E-state index in [1.165, 1.54) is 0 Å². The molecule has 1 heterocycles. The first-order valence-electron chi connectivity index (χ1n) is 6.90. The fourth-order valence-corrected chi connectivity index (χ4v) is 2.34. The number of pyridine rings is 1. The van der Waals surface area contributed by atoms with Crippen LogP contribution in [0.2, 0.25) is 0 Å². The van der Waals surface area contributed by atoms with E-state index in [-0.39, 0.29) is 0 Å². The van der Waals surface area contributed by atoms with Gasteiger partial charge < -0.3 is 4.74 Å². The van der Waals surface area contributed by atoms with Crippen LogP contribution in [0, 0.1) is 0 Å². The Kier molecular flexibility index (Phi) is 3.65. The summed E-state index contributed by atoms with van der Waals surface area (Å²) in [6.07, 6.45) is 0.877. The molecule has 0 amide bonds. The molecule has 0 spiro atoms. The third-order valence-electron chi connectivity index (χ3n) is 3.34. The summed E-state index contributed by atoms with van der Waals surface area (Å²) in [4.78, 5) is 15.9. The molecule has 21 heavy (non-hydrogen) atoms. The SMILES string of the molecule is CCOc1ccc(-c2cc(C=O)c3ccccc3n2)cc1. The van der Waals surface area contributed by atoms with Crippen molar-refractivity contribution in [3.05, 3.63) is 60.2 Å². The zero-order chi connectivity index (χ0) is 14.7. The molecule has 0 aliphatic heterocycles. The van der Waals surface area contributed by atoms with Gasteiger partial charge in [-0.25, -0.2) is 4.98 Å². The predicted octanol–water partition coefficient (Wildman–Crippen LogP) is 4.11. The second-order valence-corrected chi connectivity index (χ2v) is 4.69. The Hall–Kier alpha value is -2.68. The van der Waals surface area contributed by atoms with E-state index in [0.717, 1.165) is 34.2 Å². The number of carbonyl (C=O) groups excluding carboxylic acids is 1. The highest BCUT2D eigenvalue weighted by Crippen LogP contribution is 2.25. The minimum absolute atomic E-state index is 0.642. The van der Waals surface area contributed by atoms with Crippen molar-refractivity contribution in [1.29, 1.82) is 0 Å². The lowest BCUT2D eigenvalue weighted by molar-refractivity contribution is 0.112. The minimum atomic E-state index is 0.642. The summed E-state index contributed by atoms with van der Waals surface area (Å²) in [5, 5.41) is 0.877. The lowest BCUT2D eigenvalue weighted by Gasteiger charge is -2.07. The van der Waals surface area contributed by atoms with Crippen LogP contribution in [0.3, 0.4) is 0 Å². The molecule has 1 aromatic heterocycles. The van der Waals surface area contributed by atoms with Crippen molar-refractivity contribution in [2.45, 2.75) is 6.92 Å². The normalized spacial score (nSPS) is 10.5. The molecule has 3 rings (SSSR count). The van der Waals surface area contributed by atoms with Crippen molar-refractivity contribution < 1.29 is 9.53 Å². The number of nitrogens with zero attached hydrogens (tertiary/aromatic N) is 1. The van der Waals surface area contributed by atoms with Crippen LogP contribution in [0.25, 0.3) is 22.2 Å². The molecular formula is C18H15NO2. The summed E-state index contributed by atoms with van der Waals surface area (Å²) < 4.78 is 5.44. The molecule has 0 N–H and O–H groups in total. The first-order chi connectivity index (χ1) is 10.3. The highest BCUT2D eigenvalue weighted by molar-refractivity contribution is 5.98. The van der Waals surface area contributed by atoms with Gasteiger partial charge in [-0.05, 0) is 43.3 Å². The number of ether oxygens (including phenoxy) is 1. The molecule has 0 unspecified atom stereocenters. The highest BCUT2D eigenvalue weighted by atomic mass is 16.5. The monoisotopic (exact) mass is 277 g/mol. The van der Waals surface area contributed by atoms with Crippen LogP contribution >= 0.6 is 0 Å². The fraction of sp³-hybridized carbons (Fsp3) is 0.111. The lowest BCUT2D eigenvalue weighted by atomic mass is 10.0. The average molecular weight is 277 g/mol. The van der Waals surface area contributed by atoms with Crippen molar-refractivity contribution in [3.63, 3.8) is 0 Å². The van der Waals surface area contributed by atoms with Crippen molar-refractivity contribution in [2.24, 2.45) is 0 Å². The number of hydrogen-bond acceptors (Lipinski definition) is 3. The molecule has 0 aliphatic rings. The molecule has 0 saturated carbocycles. The van der Waals surface area contributed by atoms with E-state index in [4.69, 9.17) is 4.74 Å². The summed E-state index contributed by atoms with van der Waals surface area (Å²) >= 11 is 0. The van der Waals surface area contributed by atoms with E-state index in [1.54, 1.807) is 0 Å². The Morgan fingerprint density at radius 1 is 1.10 bits per heavy atom. The van der Waals surface area contributed by atoms with Gasteiger partial charge in [-0.1, -0.05) is 18.2 Å². The van der Waals surface area contributed by atoms with Crippen molar-refractivity contribution in [1.82, 2.24) is 4.98 Å². The van der Waals surface area contributed by atoms with Crippen LogP contribution in [0.1, 0.15) is 17.3 Å². The van der Waals surface area contributed by atoms with Gasteiger partial charge in [-0.15, -0.1) is 0 Å².